The number of aryl methyl sites for hydroxylation is 3. The van der Waals surface area contributed by atoms with Crippen LogP contribution in [0.4, 0.5) is 0 Å². The second-order valence-electron chi connectivity index (χ2n) is 6.54. The molecule has 3 aromatic rings. The molecule has 0 radical (unpaired) electrons. The minimum atomic E-state index is 0.0129. The summed E-state index contributed by atoms with van der Waals surface area (Å²) in [5, 5.41) is 1.06. The third kappa shape index (κ3) is 3.90. The Kier molecular flexibility index (Phi) is 5.61. The lowest BCUT2D eigenvalue weighted by Crippen LogP contribution is -2.21. The van der Waals surface area contributed by atoms with Gasteiger partial charge in [0.2, 0.25) is 0 Å². The number of hydrogen-bond acceptors (Lipinski definition) is 3. The van der Waals surface area contributed by atoms with E-state index in [1.807, 2.05) is 54.0 Å². The van der Waals surface area contributed by atoms with Crippen LogP contribution in [0, 0.1) is 13.8 Å². The standard InChI is InChI=1S/C22H25NO3/c1-16-9-11-18(12-10-16)26-14-5-4-13-23-21(24)15-17(2)19-7-6-8-20(25-3)22(19)23/h6-12,15H,4-5,13-14H2,1-3H3. The lowest BCUT2D eigenvalue weighted by molar-refractivity contribution is 0.303. The number of unbranched alkanes of at least 4 members (excludes halogenated alkanes) is 1. The number of rotatable bonds is 7. The van der Waals surface area contributed by atoms with Crippen molar-refractivity contribution in [2.45, 2.75) is 33.2 Å². The molecular weight excluding hydrogens is 326 g/mol. The fourth-order valence-electron chi connectivity index (χ4n) is 3.15. The van der Waals surface area contributed by atoms with Gasteiger partial charge in [-0.05, 0) is 50.5 Å². The summed E-state index contributed by atoms with van der Waals surface area (Å²) in [6, 6.07) is 15.6. The van der Waals surface area contributed by atoms with Crippen molar-refractivity contribution in [1.82, 2.24) is 4.57 Å². The lowest BCUT2D eigenvalue weighted by atomic mass is 10.1. The summed E-state index contributed by atoms with van der Waals surface area (Å²) < 4.78 is 13.1. The molecular formula is C22H25NO3. The molecule has 0 aliphatic heterocycles. The molecule has 3 rings (SSSR count). The molecule has 1 aromatic heterocycles. The number of fused-ring (bicyclic) bond motifs is 1. The first-order valence-electron chi connectivity index (χ1n) is 8.97. The van der Waals surface area contributed by atoms with Gasteiger partial charge in [-0.25, -0.2) is 0 Å². The summed E-state index contributed by atoms with van der Waals surface area (Å²) in [6.45, 7) is 5.30. The topological polar surface area (TPSA) is 40.5 Å². The van der Waals surface area contributed by atoms with E-state index in [-0.39, 0.29) is 5.56 Å². The Labute approximate surface area is 154 Å². The molecule has 26 heavy (non-hydrogen) atoms. The van der Waals surface area contributed by atoms with Crippen LogP contribution in [0.15, 0.2) is 53.3 Å². The number of aromatic nitrogens is 1. The quantitative estimate of drug-likeness (QED) is 0.589. The third-order valence-corrected chi connectivity index (χ3v) is 4.59. The van der Waals surface area contributed by atoms with Gasteiger partial charge < -0.3 is 14.0 Å². The number of hydrogen-bond donors (Lipinski definition) is 0. The highest BCUT2D eigenvalue weighted by Crippen LogP contribution is 2.26. The Bertz CT molecular complexity index is 942. The van der Waals surface area contributed by atoms with Gasteiger partial charge in [0.25, 0.3) is 5.56 Å². The SMILES string of the molecule is COc1cccc2c(C)cc(=O)n(CCCCOc3ccc(C)cc3)c12. The predicted molar refractivity (Wildman–Crippen MR) is 105 cm³/mol. The van der Waals surface area contributed by atoms with Crippen LogP contribution in [0.2, 0.25) is 0 Å². The molecule has 0 aliphatic carbocycles. The Balaban J connectivity index is 1.69. The average molecular weight is 351 g/mol. The molecule has 0 N–H and O–H groups in total. The zero-order chi connectivity index (χ0) is 18.5. The second-order valence-corrected chi connectivity index (χ2v) is 6.54. The number of benzene rings is 2. The van der Waals surface area contributed by atoms with Crippen molar-refractivity contribution in [3.8, 4) is 11.5 Å². The molecule has 0 spiro atoms. The zero-order valence-corrected chi connectivity index (χ0v) is 15.6. The minimum Gasteiger partial charge on any atom is -0.495 e. The average Bonchev–Trinajstić information content (AvgIpc) is 2.64. The molecule has 0 saturated carbocycles. The van der Waals surface area contributed by atoms with E-state index in [0.29, 0.717) is 13.2 Å². The second kappa shape index (κ2) is 8.09. The van der Waals surface area contributed by atoms with Gasteiger partial charge in [-0.1, -0.05) is 29.8 Å². The molecule has 0 fully saturated rings. The molecule has 4 nitrogen and oxygen atoms in total. The van der Waals surface area contributed by atoms with Gasteiger partial charge in [0.05, 0.1) is 19.2 Å². The smallest absolute Gasteiger partial charge is 0.251 e. The largest absolute Gasteiger partial charge is 0.495 e. The fourth-order valence-corrected chi connectivity index (χ4v) is 3.15. The van der Waals surface area contributed by atoms with Crippen molar-refractivity contribution in [2.75, 3.05) is 13.7 Å². The highest BCUT2D eigenvalue weighted by molar-refractivity contribution is 5.87. The van der Waals surface area contributed by atoms with Crippen LogP contribution in [0.5, 0.6) is 11.5 Å². The highest BCUT2D eigenvalue weighted by Gasteiger charge is 2.11. The van der Waals surface area contributed by atoms with Crippen LogP contribution in [0.1, 0.15) is 24.0 Å². The third-order valence-electron chi connectivity index (χ3n) is 4.59. The monoisotopic (exact) mass is 351 g/mol. The number of para-hydroxylation sites is 1. The maximum absolute atomic E-state index is 12.5. The van der Waals surface area contributed by atoms with E-state index in [2.05, 4.69) is 6.92 Å². The molecule has 0 unspecified atom stereocenters. The van der Waals surface area contributed by atoms with Gasteiger partial charge >= 0.3 is 0 Å². The van der Waals surface area contributed by atoms with Gasteiger partial charge in [-0.15, -0.1) is 0 Å². The molecule has 0 saturated heterocycles. The van der Waals surface area contributed by atoms with Crippen molar-refractivity contribution >= 4 is 10.9 Å². The zero-order valence-electron chi connectivity index (χ0n) is 15.6. The van der Waals surface area contributed by atoms with E-state index in [1.54, 1.807) is 13.2 Å². The van der Waals surface area contributed by atoms with E-state index in [1.165, 1.54) is 5.56 Å². The van der Waals surface area contributed by atoms with Gasteiger partial charge in [0, 0.05) is 18.0 Å². The summed E-state index contributed by atoms with van der Waals surface area (Å²) in [5.41, 5.74) is 3.08. The van der Waals surface area contributed by atoms with Gasteiger partial charge in [-0.3, -0.25) is 4.79 Å². The number of nitrogens with zero attached hydrogens (tertiary/aromatic N) is 1. The van der Waals surface area contributed by atoms with Gasteiger partial charge in [-0.2, -0.15) is 0 Å². The van der Waals surface area contributed by atoms with E-state index in [0.717, 1.165) is 40.8 Å². The molecule has 0 bridgehead atoms. The molecule has 0 amide bonds. The van der Waals surface area contributed by atoms with Gasteiger partial charge in [0.15, 0.2) is 0 Å². The van der Waals surface area contributed by atoms with Crippen LogP contribution in [0.3, 0.4) is 0 Å². The van der Waals surface area contributed by atoms with Crippen LogP contribution in [-0.2, 0) is 6.54 Å². The van der Waals surface area contributed by atoms with Crippen LogP contribution in [0.25, 0.3) is 10.9 Å². The maximum Gasteiger partial charge on any atom is 0.251 e. The summed E-state index contributed by atoms with van der Waals surface area (Å²) in [4.78, 5) is 12.5. The fraction of sp³-hybridized carbons (Fsp3) is 0.318. The molecule has 136 valence electrons. The Morgan fingerprint density at radius 2 is 1.77 bits per heavy atom. The molecule has 2 aromatic carbocycles. The highest BCUT2D eigenvalue weighted by atomic mass is 16.5. The number of methoxy groups -OCH3 is 1. The molecule has 4 heteroatoms. The van der Waals surface area contributed by atoms with Crippen LogP contribution < -0.4 is 15.0 Å². The lowest BCUT2D eigenvalue weighted by Gasteiger charge is -2.15. The van der Waals surface area contributed by atoms with Crippen LogP contribution >= 0.6 is 0 Å². The Morgan fingerprint density at radius 1 is 1.00 bits per heavy atom. The summed E-state index contributed by atoms with van der Waals surface area (Å²) in [7, 11) is 1.64. The predicted octanol–water partition coefficient (Wildman–Crippen LogP) is 4.49. The van der Waals surface area contributed by atoms with E-state index < -0.39 is 0 Å². The van der Waals surface area contributed by atoms with Crippen molar-refractivity contribution < 1.29 is 9.47 Å². The normalized spacial score (nSPS) is 10.9. The van der Waals surface area contributed by atoms with E-state index >= 15 is 0 Å². The summed E-state index contributed by atoms with van der Waals surface area (Å²) in [6.07, 6.45) is 1.74. The number of ether oxygens (including phenoxy) is 2. The van der Waals surface area contributed by atoms with Crippen molar-refractivity contribution in [3.63, 3.8) is 0 Å². The van der Waals surface area contributed by atoms with Crippen molar-refractivity contribution in [1.29, 1.82) is 0 Å². The first kappa shape index (κ1) is 18.1. The molecule has 1 heterocycles. The van der Waals surface area contributed by atoms with E-state index in [4.69, 9.17) is 9.47 Å². The number of pyridine rings is 1. The van der Waals surface area contributed by atoms with Crippen molar-refractivity contribution in [3.05, 3.63) is 70.0 Å². The maximum atomic E-state index is 12.5. The summed E-state index contributed by atoms with van der Waals surface area (Å²) in [5.74, 6) is 1.62. The van der Waals surface area contributed by atoms with Gasteiger partial charge in [0.1, 0.15) is 11.5 Å². The van der Waals surface area contributed by atoms with E-state index in [9.17, 15) is 4.79 Å². The summed E-state index contributed by atoms with van der Waals surface area (Å²) >= 11 is 0. The Morgan fingerprint density at radius 3 is 2.50 bits per heavy atom. The van der Waals surface area contributed by atoms with Crippen LogP contribution in [-0.4, -0.2) is 18.3 Å². The Hall–Kier alpha value is -2.75. The first-order valence-corrected chi connectivity index (χ1v) is 8.97. The molecule has 0 aliphatic rings. The molecule has 0 atom stereocenters. The van der Waals surface area contributed by atoms with Crippen molar-refractivity contribution in [2.24, 2.45) is 0 Å². The minimum absolute atomic E-state index is 0.0129. The first-order chi connectivity index (χ1) is 12.6.